The number of sulfone groups is 1. The number of hydrogen-bond donors (Lipinski definition) is 0. The van der Waals surface area contributed by atoms with Crippen molar-refractivity contribution in [3.8, 4) is 0 Å². The van der Waals surface area contributed by atoms with Gasteiger partial charge in [0.25, 0.3) is 5.91 Å². The minimum atomic E-state index is -2.85. The Morgan fingerprint density at radius 1 is 1.22 bits per heavy atom. The van der Waals surface area contributed by atoms with Gasteiger partial charge in [0.1, 0.15) is 0 Å². The van der Waals surface area contributed by atoms with Crippen LogP contribution in [0.25, 0.3) is 0 Å². The van der Waals surface area contributed by atoms with E-state index in [1.54, 1.807) is 0 Å². The Morgan fingerprint density at radius 2 is 1.87 bits per heavy atom. The molecule has 0 bridgehead atoms. The monoisotopic (exact) mass is 336 g/mol. The van der Waals surface area contributed by atoms with Crippen molar-refractivity contribution >= 4 is 15.7 Å². The van der Waals surface area contributed by atoms with Gasteiger partial charge in [-0.25, -0.2) is 8.42 Å². The van der Waals surface area contributed by atoms with Crippen LogP contribution in [0.5, 0.6) is 0 Å². The van der Waals surface area contributed by atoms with E-state index in [1.165, 1.54) is 0 Å². The molecule has 1 amide bonds. The predicted molar refractivity (Wildman–Crippen MR) is 90.1 cm³/mol. The van der Waals surface area contributed by atoms with Crippen molar-refractivity contribution in [1.29, 1.82) is 0 Å². The standard InChI is InChI=1S/C17H24N2O3S/c1-18(16-8-11-23(21,22)13-16)12-14-4-6-15(7-5-14)17(20)19-9-2-3-10-19/h4-7,16H,2-3,8-13H2,1H3/t16-/m0/s1. The summed E-state index contributed by atoms with van der Waals surface area (Å²) in [6.07, 6.45) is 2.90. The van der Waals surface area contributed by atoms with Crippen LogP contribution in [-0.2, 0) is 16.4 Å². The zero-order chi connectivity index (χ0) is 16.4. The molecule has 23 heavy (non-hydrogen) atoms. The summed E-state index contributed by atoms with van der Waals surface area (Å²) in [5, 5.41) is 0. The van der Waals surface area contributed by atoms with E-state index < -0.39 is 9.84 Å². The lowest BCUT2D eigenvalue weighted by Crippen LogP contribution is -2.32. The SMILES string of the molecule is CN(Cc1ccc(C(=O)N2CCCC2)cc1)[C@H]1CCS(=O)(=O)C1. The highest BCUT2D eigenvalue weighted by atomic mass is 32.2. The number of carbonyl (C=O) groups excluding carboxylic acids is 1. The number of likely N-dealkylation sites (tertiary alicyclic amines) is 1. The van der Waals surface area contributed by atoms with Crippen LogP contribution in [-0.4, -0.2) is 61.8 Å². The summed E-state index contributed by atoms with van der Waals surface area (Å²) in [6, 6.07) is 7.82. The molecule has 0 radical (unpaired) electrons. The number of benzene rings is 1. The maximum Gasteiger partial charge on any atom is 0.253 e. The molecule has 0 saturated carbocycles. The van der Waals surface area contributed by atoms with E-state index >= 15 is 0 Å². The van der Waals surface area contributed by atoms with Gasteiger partial charge in [-0.2, -0.15) is 0 Å². The molecule has 2 heterocycles. The van der Waals surface area contributed by atoms with Crippen molar-refractivity contribution in [3.63, 3.8) is 0 Å². The normalized spacial score (nSPS) is 23.6. The molecule has 5 nitrogen and oxygen atoms in total. The van der Waals surface area contributed by atoms with Gasteiger partial charge < -0.3 is 4.90 Å². The Balaban J connectivity index is 1.60. The van der Waals surface area contributed by atoms with E-state index in [-0.39, 0.29) is 17.7 Å². The molecule has 0 spiro atoms. The second-order valence-electron chi connectivity index (χ2n) is 6.67. The van der Waals surface area contributed by atoms with Gasteiger partial charge in [-0.3, -0.25) is 9.69 Å². The molecule has 0 aliphatic carbocycles. The number of amides is 1. The largest absolute Gasteiger partial charge is 0.339 e. The van der Waals surface area contributed by atoms with E-state index in [9.17, 15) is 13.2 Å². The molecule has 3 rings (SSSR count). The summed E-state index contributed by atoms with van der Waals surface area (Å²) in [5.41, 5.74) is 1.84. The summed E-state index contributed by atoms with van der Waals surface area (Å²) in [5.74, 6) is 0.671. The smallest absolute Gasteiger partial charge is 0.253 e. The van der Waals surface area contributed by atoms with Gasteiger partial charge in [0.15, 0.2) is 9.84 Å². The average Bonchev–Trinajstić information content (AvgIpc) is 3.16. The molecular weight excluding hydrogens is 312 g/mol. The molecular formula is C17H24N2O3S. The number of nitrogens with zero attached hydrogens (tertiary/aromatic N) is 2. The van der Waals surface area contributed by atoms with Crippen molar-refractivity contribution in [2.24, 2.45) is 0 Å². The minimum absolute atomic E-state index is 0.103. The third kappa shape index (κ3) is 3.93. The number of rotatable bonds is 4. The van der Waals surface area contributed by atoms with Gasteiger partial charge in [-0.05, 0) is 44.0 Å². The Labute approximate surface area is 138 Å². The number of hydrogen-bond acceptors (Lipinski definition) is 4. The highest BCUT2D eigenvalue weighted by Gasteiger charge is 2.30. The fourth-order valence-corrected chi connectivity index (χ4v) is 5.20. The lowest BCUT2D eigenvalue weighted by atomic mass is 10.1. The first kappa shape index (κ1) is 16.5. The van der Waals surface area contributed by atoms with Gasteiger partial charge in [0.2, 0.25) is 0 Å². The van der Waals surface area contributed by atoms with Crippen LogP contribution in [0.4, 0.5) is 0 Å². The minimum Gasteiger partial charge on any atom is -0.339 e. The lowest BCUT2D eigenvalue weighted by molar-refractivity contribution is 0.0793. The van der Waals surface area contributed by atoms with Crippen LogP contribution in [0.3, 0.4) is 0 Å². The van der Waals surface area contributed by atoms with E-state index in [4.69, 9.17) is 0 Å². The molecule has 126 valence electrons. The molecule has 2 saturated heterocycles. The molecule has 2 fully saturated rings. The first-order chi connectivity index (χ1) is 10.9. The Bertz CT molecular complexity index is 664. The second kappa shape index (κ2) is 6.61. The summed E-state index contributed by atoms with van der Waals surface area (Å²) in [4.78, 5) is 16.3. The van der Waals surface area contributed by atoms with Gasteiger partial charge in [0.05, 0.1) is 11.5 Å². The summed E-state index contributed by atoms with van der Waals surface area (Å²) >= 11 is 0. The van der Waals surface area contributed by atoms with E-state index in [0.29, 0.717) is 18.7 Å². The maximum atomic E-state index is 12.3. The molecule has 2 aliphatic heterocycles. The molecule has 0 unspecified atom stereocenters. The summed E-state index contributed by atoms with van der Waals surface area (Å²) in [7, 11) is -0.885. The zero-order valence-electron chi connectivity index (χ0n) is 13.6. The predicted octanol–water partition coefficient (Wildman–Crippen LogP) is 1.54. The van der Waals surface area contributed by atoms with Crippen molar-refractivity contribution < 1.29 is 13.2 Å². The van der Waals surface area contributed by atoms with E-state index in [1.807, 2.05) is 36.2 Å². The van der Waals surface area contributed by atoms with Gasteiger partial charge in [0, 0.05) is 31.2 Å². The fraction of sp³-hybridized carbons (Fsp3) is 0.588. The van der Waals surface area contributed by atoms with Crippen molar-refractivity contribution in [2.75, 3.05) is 31.6 Å². The molecule has 6 heteroatoms. The zero-order valence-corrected chi connectivity index (χ0v) is 14.4. The van der Waals surface area contributed by atoms with Crippen LogP contribution in [0, 0.1) is 0 Å². The first-order valence-electron chi connectivity index (χ1n) is 8.23. The quantitative estimate of drug-likeness (QED) is 0.837. The molecule has 0 aromatic heterocycles. The van der Waals surface area contributed by atoms with Crippen molar-refractivity contribution in [3.05, 3.63) is 35.4 Å². The van der Waals surface area contributed by atoms with Crippen LogP contribution < -0.4 is 0 Å². The fourth-order valence-electron chi connectivity index (χ4n) is 3.40. The Kier molecular flexibility index (Phi) is 4.73. The third-order valence-corrected chi connectivity index (χ3v) is 6.61. The highest BCUT2D eigenvalue weighted by Crippen LogP contribution is 2.19. The molecule has 0 N–H and O–H groups in total. The van der Waals surface area contributed by atoms with E-state index in [0.717, 1.165) is 37.1 Å². The van der Waals surface area contributed by atoms with Crippen molar-refractivity contribution in [2.45, 2.75) is 31.8 Å². The summed E-state index contributed by atoms with van der Waals surface area (Å²) < 4.78 is 23.1. The highest BCUT2D eigenvalue weighted by molar-refractivity contribution is 7.91. The van der Waals surface area contributed by atoms with Crippen LogP contribution in [0.1, 0.15) is 35.2 Å². The third-order valence-electron chi connectivity index (χ3n) is 4.86. The maximum absolute atomic E-state index is 12.3. The van der Waals surface area contributed by atoms with Crippen LogP contribution in [0.2, 0.25) is 0 Å². The van der Waals surface area contributed by atoms with Crippen molar-refractivity contribution in [1.82, 2.24) is 9.80 Å². The molecule has 1 aromatic carbocycles. The topological polar surface area (TPSA) is 57.7 Å². The Morgan fingerprint density at radius 3 is 2.43 bits per heavy atom. The van der Waals surface area contributed by atoms with Gasteiger partial charge in [-0.15, -0.1) is 0 Å². The molecule has 1 atom stereocenters. The van der Waals surface area contributed by atoms with E-state index in [2.05, 4.69) is 4.90 Å². The summed E-state index contributed by atoms with van der Waals surface area (Å²) in [6.45, 7) is 2.43. The van der Waals surface area contributed by atoms with Gasteiger partial charge in [-0.1, -0.05) is 12.1 Å². The van der Waals surface area contributed by atoms with Gasteiger partial charge >= 0.3 is 0 Å². The molecule has 1 aromatic rings. The Hall–Kier alpha value is -1.40. The number of carbonyl (C=O) groups is 1. The lowest BCUT2D eigenvalue weighted by Gasteiger charge is -2.23. The average molecular weight is 336 g/mol. The molecule has 2 aliphatic rings. The first-order valence-corrected chi connectivity index (χ1v) is 10.1. The van der Waals surface area contributed by atoms with Crippen LogP contribution >= 0.6 is 0 Å². The second-order valence-corrected chi connectivity index (χ2v) is 8.90. The van der Waals surface area contributed by atoms with Crippen LogP contribution in [0.15, 0.2) is 24.3 Å².